The van der Waals surface area contributed by atoms with Crippen molar-refractivity contribution >= 4 is 20.0 Å². The van der Waals surface area contributed by atoms with Gasteiger partial charge in [0.15, 0.2) is 0 Å². The molecule has 0 aromatic heterocycles. The fraction of sp³-hybridized carbons (Fsp3) is 0.375. The van der Waals surface area contributed by atoms with Gasteiger partial charge in [-0.05, 0) is 34.2 Å². The van der Waals surface area contributed by atoms with E-state index in [1.54, 1.807) is 5.56 Å². The van der Waals surface area contributed by atoms with Crippen molar-refractivity contribution in [1.29, 1.82) is 0 Å². The lowest BCUT2D eigenvalue weighted by Crippen LogP contribution is -1.96. The minimum absolute atomic E-state index is 0.607. The van der Waals surface area contributed by atoms with Crippen LogP contribution >= 0.6 is 9.24 Å². The molecule has 2 aromatic rings. The first-order valence-electron chi connectivity index (χ1n) is 6.60. The predicted molar refractivity (Wildman–Crippen MR) is 80.8 cm³/mol. The van der Waals surface area contributed by atoms with Gasteiger partial charge in [-0.1, -0.05) is 57.2 Å². The molecule has 0 saturated heterocycles. The maximum atomic E-state index is 3.02. The molecule has 17 heavy (non-hydrogen) atoms. The van der Waals surface area contributed by atoms with Crippen molar-refractivity contribution < 1.29 is 0 Å². The van der Waals surface area contributed by atoms with Crippen LogP contribution < -0.4 is 0 Å². The Hall–Kier alpha value is -0.870. The third-order valence-corrected chi connectivity index (χ3v) is 4.42. The van der Waals surface area contributed by atoms with Gasteiger partial charge in [0.05, 0.1) is 0 Å². The zero-order valence-electron chi connectivity index (χ0n) is 10.9. The molecule has 0 N–H and O–H groups in total. The molecule has 0 nitrogen and oxygen atoms in total. The molecule has 0 aliphatic heterocycles. The molecule has 0 amide bonds. The maximum absolute atomic E-state index is 3.02. The largest absolute Gasteiger partial charge is 0.129 e. The highest BCUT2D eigenvalue weighted by Crippen LogP contribution is 2.51. The average Bonchev–Trinajstić information content (AvgIpc) is 2.68. The van der Waals surface area contributed by atoms with E-state index < -0.39 is 0 Å². The number of hydrogen-bond donors (Lipinski definition) is 0. The van der Waals surface area contributed by atoms with E-state index >= 15 is 0 Å². The van der Waals surface area contributed by atoms with Gasteiger partial charge in [0.2, 0.25) is 0 Å². The summed E-state index contributed by atoms with van der Waals surface area (Å²) >= 11 is 0. The Balaban J connectivity index is 0.000000514. The van der Waals surface area contributed by atoms with Gasteiger partial charge < -0.3 is 0 Å². The molecular formula is C16H21P. The first-order valence-corrected chi connectivity index (χ1v) is 7.26. The highest BCUT2D eigenvalue weighted by Gasteiger charge is 2.29. The SMILES string of the molecule is CC.CCC1c2cccc3cccc(c23)C1P. The Morgan fingerprint density at radius 2 is 1.59 bits per heavy atom. The van der Waals surface area contributed by atoms with Crippen LogP contribution in [0.5, 0.6) is 0 Å². The fourth-order valence-electron chi connectivity index (χ4n) is 2.87. The smallest absolute Gasteiger partial charge is 0.00602 e. The monoisotopic (exact) mass is 244 g/mol. The number of rotatable bonds is 1. The van der Waals surface area contributed by atoms with Gasteiger partial charge in [0, 0.05) is 5.66 Å². The highest BCUT2D eigenvalue weighted by molar-refractivity contribution is 7.17. The zero-order chi connectivity index (χ0) is 12.4. The Morgan fingerprint density at radius 1 is 1.00 bits per heavy atom. The van der Waals surface area contributed by atoms with Gasteiger partial charge in [-0.3, -0.25) is 0 Å². The van der Waals surface area contributed by atoms with Crippen LogP contribution in [0.3, 0.4) is 0 Å². The lowest BCUT2D eigenvalue weighted by molar-refractivity contribution is 0.674. The maximum Gasteiger partial charge on any atom is 0.00602 e. The van der Waals surface area contributed by atoms with E-state index in [4.69, 9.17) is 0 Å². The fourth-order valence-corrected chi connectivity index (χ4v) is 3.63. The van der Waals surface area contributed by atoms with Crippen molar-refractivity contribution in [3.63, 3.8) is 0 Å². The van der Waals surface area contributed by atoms with Crippen LogP contribution in [-0.2, 0) is 0 Å². The summed E-state index contributed by atoms with van der Waals surface area (Å²) in [5.74, 6) is 0.691. The molecule has 1 aliphatic carbocycles. The first kappa shape index (κ1) is 12.6. The van der Waals surface area contributed by atoms with Crippen LogP contribution in [0.25, 0.3) is 10.8 Å². The quantitative estimate of drug-likeness (QED) is 0.598. The molecule has 3 unspecified atom stereocenters. The van der Waals surface area contributed by atoms with Gasteiger partial charge in [-0.15, -0.1) is 9.24 Å². The van der Waals surface area contributed by atoms with E-state index in [-0.39, 0.29) is 0 Å². The van der Waals surface area contributed by atoms with E-state index in [2.05, 4.69) is 52.6 Å². The Bertz CT molecular complexity index is 511. The standard InChI is InChI=1S/C14H15P.C2H6/c1-2-10-11-7-3-5-9-6-4-8-12(13(9)11)14(10)15;1-2/h3-8,10,14H,2,15H2,1H3;1-2H3. The van der Waals surface area contributed by atoms with E-state index in [1.165, 1.54) is 22.8 Å². The molecule has 1 aliphatic rings. The van der Waals surface area contributed by atoms with Crippen molar-refractivity contribution in [2.24, 2.45) is 0 Å². The summed E-state index contributed by atoms with van der Waals surface area (Å²) in [6, 6.07) is 13.4. The molecule has 90 valence electrons. The summed E-state index contributed by atoms with van der Waals surface area (Å²) in [5, 5.41) is 2.90. The average molecular weight is 244 g/mol. The minimum atomic E-state index is 0.607. The summed E-state index contributed by atoms with van der Waals surface area (Å²) in [4.78, 5) is 0. The van der Waals surface area contributed by atoms with Gasteiger partial charge in [-0.2, -0.15) is 0 Å². The second-order valence-corrected chi connectivity index (χ2v) is 5.05. The molecular weight excluding hydrogens is 223 g/mol. The lowest BCUT2D eigenvalue weighted by atomic mass is 9.97. The van der Waals surface area contributed by atoms with Crippen LogP contribution in [0.15, 0.2) is 36.4 Å². The Kier molecular flexibility index (Phi) is 3.84. The second kappa shape index (κ2) is 5.19. The predicted octanol–water partition coefficient (Wildman–Crippen LogP) is 5.29. The molecule has 3 atom stereocenters. The Morgan fingerprint density at radius 3 is 2.18 bits per heavy atom. The summed E-state index contributed by atoms with van der Waals surface area (Å²) in [6.07, 6.45) is 1.22. The van der Waals surface area contributed by atoms with Crippen molar-refractivity contribution in [2.75, 3.05) is 0 Å². The van der Waals surface area contributed by atoms with E-state index in [1.807, 2.05) is 13.8 Å². The van der Waals surface area contributed by atoms with Crippen LogP contribution in [0, 0.1) is 0 Å². The minimum Gasteiger partial charge on any atom is -0.129 e. The second-order valence-electron chi connectivity index (χ2n) is 4.33. The molecule has 3 rings (SSSR count). The molecule has 1 heteroatoms. The van der Waals surface area contributed by atoms with Gasteiger partial charge in [0.1, 0.15) is 0 Å². The van der Waals surface area contributed by atoms with Crippen LogP contribution in [0.2, 0.25) is 0 Å². The van der Waals surface area contributed by atoms with Crippen molar-refractivity contribution in [1.82, 2.24) is 0 Å². The number of hydrogen-bond acceptors (Lipinski definition) is 0. The van der Waals surface area contributed by atoms with Crippen LogP contribution in [0.1, 0.15) is 49.9 Å². The van der Waals surface area contributed by atoms with Crippen LogP contribution in [0.4, 0.5) is 0 Å². The topological polar surface area (TPSA) is 0 Å². The van der Waals surface area contributed by atoms with E-state index in [9.17, 15) is 0 Å². The molecule has 0 spiro atoms. The summed E-state index contributed by atoms with van der Waals surface area (Å²) in [6.45, 7) is 6.28. The molecule has 2 aromatic carbocycles. The molecule has 0 radical (unpaired) electrons. The molecule has 0 heterocycles. The van der Waals surface area contributed by atoms with Crippen molar-refractivity contribution in [3.8, 4) is 0 Å². The van der Waals surface area contributed by atoms with Gasteiger partial charge >= 0.3 is 0 Å². The van der Waals surface area contributed by atoms with Gasteiger partial charge in [-0.25, -0.2) is 0 Å². The molecule has 0 bridgehead atoms. The van der Waals surface area contributed by atoms with E-state index in [0.717, 1.165) is 0 Å². The third-order valence-electron chi connectivity index (χ3n) is 3.60. The highest BCUT2D eigenvalue weighted by atomic mass is 31.0. The molecule has 0 saturated carbocycles. The van der Waals surface area contributed by atoms with E-state index in [0.29, 0.717) is 11.6 Å². The first-order chi connectivity index (χ1) is 8.33. The third kappa shape index (κ3) is 1.89. The lowest BCUT2D eigenvalue weighted by Gasteiger charge is -2.14. The molecule has 0 fully saturated rings. The van der Waals surface area contributed by atoms with Crippen molar-refractivity contribution in [3.05, 3.63) is 47.5 Å². The number of benzene rings is 2. The van der Waals surface area contributed by atoms with Crippen LogP contribution in [-0.4, -0.2) is 0 Å². The summed E-state index contributed by atoms with van der Waals surface area (Å²) < 4.78 is 0. The Labute approximate surface area is 107 Å². The van der Waals surface area contributed by atoms with Gasteiger partial charge in [0.25, 0.3) is 0 Å². The van der Waals surface area contributed by atoms with Crippen molar-refractivity contribution in [2.45, 2.75) is 38.8 Å². The normalized spacial score (nSPS) is 21.2. The zero-order valence-corrected chi connectivity index (χ0v) is 12.1. The summed E-state index contributed by atoms with van der Waals surface area (Å²) in [7, 11) is 3.02. The summed E-state index contributed by atoms with van der Waals surface area (Å²) in [5.41, 5.74) is 3.67.